The fourth-order valence-electron chi connectivity index (χ4n) is 2.37. The number of fused-ring (bicyclic) bond motifs is 1. The van der Waals surface area contributed by atoms with E-state index in [2.05, 4.69) is 19.1 Å². The highest BCUT2D eigenvalue weighted by molar-refractivity contribution is 7.22. The van der Waals surface area contributed by atoms with Crippen LogP contribution in [0.5, 0.6) is 5.75 Å². The van der Waals surface area contributed by atoms with Crippen LogP contribution in [0.4, 0.5) is 5.13 Å². The number of methoxy groups -OCH3 is 1. The van der Waals surface area contributed by atoms with Gasteiger partial charge in [-0.25, -0.2) is 4.98 Å². The summed E-state index contributed by atoms with van der Waals surface area (Å²) in [5, 5.41) is 0.676. The number of thiophene rings is 1. The van der Waals surface area contributed by atoms with Crippen LogP contribution in [0.2, 0.25) is 4.34 Å². The number of quaternary nitrogens is 1. The van der Waals surface area contributed by atoms with Crippen LogP contribution in [0.15, 0.2) is 30.3 Å². The highest BCUT2D eigenvalue weighted by Crippen LogP contribution is 2.35. The molecule has 132 valence electrons. The number of hydrogen-bond donors (Lipinski definition) is 1. The largest absolute Gasteiger partial charge is 0.494 e. The van der Waals surface area contributed by atoms with Crippen molar-refractivity contribution in [3.63, 3.8) is 0 Å². The SMILES string of the molecule is COc1cccc2sc(N(CC[NH+](C)C)C(=O)c3ccc(Cl)s3)nc12. The molecule has 0 bridgehead atoms. The van der Waals surface area contributed by atoms with Crippen LogP contribution in [0.1, 0.15) is 9.67 Å². The van der Waals surface area contributed by atoms with Gasteiger partial charge in [0.15, 0.2) is 5.13 Å². The standard InChI is InChI=1S/C17H18ClN3O2S2/c1-20(2)9-10-21(16(22)13-7-8-14(18)24-13)17-19-15-11(23-3)5-4-6-12(15)25-17/h4-8H,9-10H2,1-3H3/p+1. The lowest BCUT2D eigenvalue weighted by molar-refractivity contribution is -0.856. The fraction of sp³-hybridized carbons (Fsp3) is 0.294. The van der Waals surface area contributed by atoms with E-state index in [0.717, 1.165) is 16.8 Å². The first-order valence-corrected chi connectivity index (χ1v) is 9.80. The van der Waals surface area contributed by atoms with Crippen molar-refractivity contribution in [2.24, 2.45) is 0 Å². The Labute approximate surface area is 159 Å². The van der Waals surface area contributed by atoms with Crippen molar-refractivity contribution in [3.05, 3.63) is 39.5 Å². The average Bonchev–Trinajstić information content (AvgIpc) is 3.20. The monoisotopic (exact) mass is 396 g/mol. The van der Waals surface area contributed by atoms with Gasteiger partial charge >= 0.3 is 0 Å². The normalized spacial score (nSPS) is 11.2. The van der Waals surface area contributed by atoms with Gasteiger partial charge in [-0.1, -0.05) is 29.0 Å². The quantitative estimate of drug-likeness (QED) is 0.697. The molecule has 1 amide bonds. The van der Waals surface area contributed by atoms with Gasteiger partial charge in [0.2, 0.25) is 0 Å². The molecular formula is C17H19ClN3O2S2+. The maximum atomic E-state index is 13.0. The second-order valence-electron chi connectivity index (χ2n) is 5.82. The summed E-state index contributed by atoms with van der Waals surface area (Å²) in [4.78, 5) is 21.3. The number of carbonyl (C=O) groups is 1. The van der Waals surface area contributed by atoms with Crippen molar-refractivity contribution >= 4 is 55.5 Å². The first kappa shape index (κ1) is 18.1. The Morgan fingerprint density at radius 3 is 2.72 bits per heavy atom. The van der Waals surface area contributed by atoms with Gasteiger partial charge in [0.25, 0.3) is 5.91 Å². The second kappa shape index (κ2) is 7.70. The molecule has 8 heteroatoms. The molecule has 3 aromatic rings. The van der Waals surface area contributed by atoms with Gasteiger partial charge < -0.3 is 9.64 Å². The smallest absolute Gasteiger partial charge is 0.270 e. The third-order valence-corrected chi connectivity index (χ3v) is 5.95. The Morgan fingerprint density at radius 2 is 2.08 bits per heavy atom. The maximum Gasteiger partial charge on any atom is 0.270 e. The average molecular weight is 397 g/mol. The van der Waals surface area contributed by atoms with E-state index < -0.39 is 0 Å². The zero-order valence-electron chi connectivity index (χ0n) is 14.2. The van der Waals surface area contributed by atoms with E-state index in [1.54, 1.807) is 24.1 Å². The van der Waals surface area contributed by atoms with E-state index in [4.69, 9.17) is 16.3 Å². The minimum Gasteiger partial charge on any atom is -0.494 e. The summed E-state index contributed by atoms with van der Waals surface area (Å²) in [6, 6.07) is 9.30. The zero-order chi connectivity index (χ0) is 18.0. The Hall–Kier alpha value is -1.67. The van der Waals surface area contributed by atoms with E-state index in [-0.39, 0.29) is 5.91 Å². The predicted molar refractivity (Wildman–Crippen MR) is 105 cm³/mol. The molecule has 2 heterocycles. The van der Waals surface area contributed by atoms with E-state index in [1.807, 2.05) is 18.2 Å². The Balaban J connectivity index is 2.00. The van der Waals surface area contributed by atoms with Crippen molar-refractivity contribution in [3.8, 4) is 5.75 Å². The third kappa shape index (κ3) is 3.95. The number of para-hydroxylation sites is 1. The highest BCUT2D eigenvalue weighted by atomic mass is 35.5. The summed E-state index contributed by atoms with van der Waals surface area (Å²) in [5.41, 5.74) is 0.782. The van der Waals surface area contributed by atoms with Crippen LogP contribution >= 0.6 is 34.3 Å². The number of hydrogen-bond acceptors (Lipinski definition) is 5. The van der Waals surface area contributed by atoms with E-state index in [9.17, 15) is 4.79 Å². The van der Waals surface area contributed by atoms with E-state index >= 15 is 0 Å². The van der Waals surface area contributed by atoms with Gasteiger partial charge in [0, 0.05) is 0 Å². The lowest BCUT2D eigenvalue weighted by Gasteiger charge is -2.19. The number of anilines is 1. The summed E-state index contributed by atoms with van der Waals surface area (Å²) in [6.45, 7) is 1.40. The van der Waals surface area contributed by atoms with Crippen LogP contribution in [0.25, 0.3) is 10.2 Å². The molecule has 0 aliphatic carbocycles. The first-order valence-electron chi connectivity index (χ1n) is 7.79. The predicted octanol–water partition coefficient (Wildman–Crippen LogP) is 2.81. The highest BCUT2D eigenvalue weighted by Gasteiger charge is 2.24. The minimum atomic E-state index is -0.0730. The molecule has 0 radical (unpaired) electrons. The number of nitrogens with zero attached hydrogens (tertiary/aromatic N) is 2. The molecule has 0 atom stereocenters. The van der Waals surface area contributed by atoms with Crippen molar-refractivity contribution in [1.29, 1.82) is 0 Å². The van der Waals surface area contributed by atoms with E-state index in [1.165, 1.54) is 27.6 Å². The molecule has 0 saturated heterocycles. The molecule has 3 rings (SSSR count). The molecule has 0 aliphatic rings. The molecule has 1 N–H and O–H groups in total. The molecule has 1 aromatic carbocycles. The van der Waals surface area contributed by atoms with Crippen molar-refractivity contribution in [2.75, 3.05) is 39.2 Å². The number of likely N-dealkylation sites (N-methyl/N-ethyl adjacent to an activating group) is 1. The number of halogens is 1. The van der Waals surface area contributed by atoms with Crippen LogP contribution < -0.4 is 14.5 Å². The van der Waals surface area contributed by atoms with Crippen molar-refractivity contribution < 1.29 is 14.4 Å². The summed E-state index contributed by atoms with van der Waals surface area (Å²) in [5.74, 6) is 0.640. The molecule has 0 unspecified atom stereocenters. The fourth-order valence-corrected chi connectivity index (χ4v) is 4.37. The maximum absolute atomic E-state index is 13.0. The second-order valence-corrected chi connectivity index (χ2v) is 8.55. The number of carbonyl (C=O) groups excluding carboxylic acids is 1. The van der Waals surface area contributed by atoms with Gasteiger partial charge in [0.1, 0.15) is 11.3 Å². The number of amides is 1. The van der Waals surface area contributed by atoms with Gasteiger partial charge in [-0.2, -0.15) is 0 Å². The third-order valence-electron chi connectivity index (χ3n) is 3.69. The molecule has 0 saturated carbocycles. The Morgan fingerprint density at radius 1 is 1.28 bits per heavy atom. The van der Waals surface area contributed by atoms with Crippen LogP contribution in [0, 0.1) is 0 Å². The number of aromatic nitrogens is 1. The molecule has 0 fully saturated rings. The summed E-state index contributed by atoms with van der Waals surface area (Å²) in [6.07, 6.45) is 0. The molecule has 2 aromatic heterocycles. The lowest BCUT2D eigenvalue weighted by atomic mass is 10.3. The van der Waals surface area contributed by atoms with Crippen LogP contribution in [-0.4, -0.2) is 45.2 Å². The van der Waals surface area contributed by atoms with E-state index in [0.29, 0.717) is 26.6 Å². The van der Waals surface area contributed by atoms with Crippen LogP contribution in [-0.2, 0) is 0 Å². The van der Waals surface area contributed by atoms with Gasteiger partial charge in [-0.05, 0) is 24.3 Å². The van der Waals surface area contributed by atoms with Gasteiger partial charge in [-0.15, -0.1) is 11.3 Å². The summed E-state index contributed by atoms with van der Waals surface area (Å²) < 4.78 is 6.99. The number of benzene rings is 1. The molecule has 25 heavy (non-hydrogen) atoms. The van der Waals surface area contributed by atoms with Gasteiger partial charge in [0.05, 0.1) is 48.2 Å². The molecule has 5 nitrogen and oxygen atoms in total. The summed E-state index contributed by atoms with van der Waals surface area (Å²) >= 11 is 8.78. The molecule has 0 aliphatic heterocycles. The number of nitrogens with one attached hydrogen (secondary N) is 1. The zero-order valence-corrected chi connectivity index (χ0v) is 16.6. The Kier molecular flexibility index (Phi) is 5.58. The lowest BCUT2D eigenvalue weighted by Crippen LogP contribution is -3.06. The van der Waals surface area contributed by atoms with Crippen LogP contribution in [0.3, 0.4) is 0 Å². The first-order chi connectivity index (χ1) is 12.0. The van der Waals surface area contributed by atoms with Gasteiger partial charge in [-0.3, -0.25) is 9.69 Å². The van der Waals surface area contributed by atoms with Crippen molar-refractivity contribution in [2.45, 2.75) is 0 Å². The van der Waals surface area contributed by atoms with Crippen molar-refractivity contribution in [1.82, 2.24) is 4.98 Å². The number of thiazole rings is 1. The molecule has 0 spiro atoms. The molecular weight excluding hydrogens is 378 g/mol. The topological polar surface area (TPSA) is 46.9 Å². The Bertz CT molecular complexity index is 891. The summed E-state index contributed by atoms with van der Waals surface area (Å²) in [7, 11) is 5.75. The number of ether oxygens (including phenoxy) is 1. The number of rotatable bonds is 6. The minimum absolute atomic E-state index is 0.0730.